The van der Waals surface area contributed by atoms with Gasteiger partial charge in [-0.1, -0.05) is 65.7 Å². The van der Waals surface area contributed by atoms with Gasteiger partial charge in [-0.15, -0.1) is 0 Å². The zero-order valence-electron chi connectivity index (χ0n) is 17.4. The molecule has 158 valence electrons. The van der Waals surface area contributed by atoms with Crippen molar-refractivity contribution in [3.05, 3.63) is 100 Å². The average Bonchev–Trinajstić information content (AvgIpc) is 3.12. The van der Waals surface area contributed by atoms with Crippen molar-refractivity contribution in [3.63, 3.8) is 0 Å². The second kappa shape index (κ2) is 8.74. The highest BCUT2D eigenvalue weighted by molar-refractivity contribution is 6.31. The highest BCUT2D eigenvalue weighted by atomic mass is 35.5. The van der Waals surface area contributed by atoms with Crippen molar-refractivity contribution in [1.29, 1.82) is 0 Å². The quantitative estimate of drug-likeness (QED) is 0.503. The van der Waals surface area contributed by atoms with Gasteiger partial charge in [-0.25, -0.2) is 0 Å². The van der Waals surface area contributed by atoms with Crippen molar-refractivity contribution >= 4 is 40.5 Å². The summed E-state index contributed by atoms with van der Waals surface area (Å²) >= 11 is 12.1. The molecule has 3 aromatic rings. The van der Waals surface area contributed by atoms with Crippen LogP contribution in [0.4, 0.5) is 5.69 Å². The first-order chi connectivity index (χ1) is 14.9. The molecule has 1 amide bonds. The molecular formula is C25H23Cl2N3O. The van der Waals surface area contributed by atoms with E-state index in [1.165, 1.54) is 0 Å². The van der Waals surface area contributed by atoms with Gasteiger partial charge in [0, 0.05) is 22.8 Å². The molecule has 1 aliphatic rings. The minimum atomic E-state index is -0.353. The van der Waals surface area contributed by atoms with E-state index >= 15 is 0 Å². The standard InChI is InChI=1S/C25H23Cl2N3O/c1-25(19-6-4-3-5-7-19)17-30(28-24(25)18-8-10-20(26)11-9-18)16-23(31)29(2)22-14-12-21(27)13-15-22/h3-15H,16-17H2,1-2H3. The van der Waals surface area contributed by atoms with Gasteiger partial charge in [-0.3, -0.25) is 9.80 Å². The van der Waals surface area contributed by atoms with E-state index in [0.29, 0.717) is 16.6 Å². The molecule has 0 bridgehead atoms. The highest BCUT2D eigenvalue weighted by Crippen LogP contribution is 2.35. The van der Waals surface area contributed by atoms with Crippen molar-refractivity contribution < 1.29 is 4.79 Å². The molecule has 1 heterocycles. The van der Waals surface area contributed by atoms with Gasteiger partial charge < -0.3 is 4.90 Å². The first kappa shape index (κ1) is 21.4. The Morgan fingerprint density at radius 2 is 1.55 bits per heavy atom. The smallest absolute Gasteiger partial charge is 0.248 e. The van der Waals surface area contributed by atoms with Gasteiger partial charge >= 0.3 is 0 Å². The fourth-order valence-corrected chi connectivity index (χ4v) is 4.16. The minimum absolute atomic E-state index is 0.0427. The van der Waals surface area contributed by atoms with E-state index in [4.69, 9.17) is 28.3 Å². The molecule has 6 heteroatoms. The van der Waals surface area contributed by atoms with E-state index in [1.807, 2.05) is 59.6 Å². The Kier molecular flexibility index (Phi) is 6.03. The van der Waals surface area contributed by atoms with E-state index in [-0.39, 0.29) is 17.9 Å². The normalized spacial score (nSPS) is 18.1. The van der Waals surface area contributed by atoms with Gasteiger partial charge in [0.1, 0.15) is 6.54 Å². The SMILES string of the molecule is CN(C(=O)CN1CC(C)(c2ccccc2)C(c2ccc(Cl)cc2)=N1)c1ccc(Cl)cc1. The van der Waals surface area contributed by atoms with Crippen LogP contribution in [0, 0.1) is 0 Å². The van der Waals surface area contributed by atoms with Crippen LogP contribution in [0.3, 0.4) is 0 Å². The Bertz CT molecular complexity index is 1100. The Morgan fingerprint density at radius 1 is 0.968 bits per heavy atom. The van der Waals surface area contributed by atoms with Crippen LogP contribution >= 0.6 is 23.2 Å². The number of anilines is 1. The molecule has 0 fully saturated rings. The molecule has 3 aromatic carbocycles. The summed E-state index contributed by atoms with van der Waals surface area (Å²) in [5, 5.41) is 8.06. The predicted molar refractivity (Wildman–Crippen MR) is 128 cm³/mol. The largest absolute Gasteiger partial charge is 0.314 e. The zero-order valence-corrected chi connectivity index (χ0v) is 18.9. The third-order valence-electron chi connectivity index (χ3n) is 5.70. The lowest BCUT2D eigenvalue weighted by Gasteiger charge is -2.28. The van der Waals surface area contributed by atoms with Gasteiger partial charge in [0.25, 0.3) is 0 Å². The second-order valence-electron chi connectivity index (χ2n) is 7.91. The molecule has 4 rings (SSSR count). The molecule has 0 radical (unpaired) electrons. The summed E-state index contributed by atoms with van der Waals surface area (Å²) in [7, 11) is 1.77. The lowest BCUT2D eigenvalue weighted by Crippen LogP contribution is -2.40. The number of rotatable bonds is 5. The van der Waals surface area contributed by atoms with Crippen LogP contribution in [0.1, 0.15) is 18.1 Å². The summed E-state index contributed by atoms with van der Waals surface area (Å²) < 4.78 is 0. The van der Waals surface area contributed by atoms with E-state index < -0.39 is 0 Å². The third kappa shape index (κ3) is 4.46. The van der Waals surface area contributed by atoms with E-state index in [1.54, 1.807) is 24.1 Å². The monoisotopic (exact) mass is 451 g/mol. The Balaban J connectivity index is 1.62. The van der Waals surface area contributed by atoms with Crippen LogP contribution in [-0.4, -0.2) is 36.8 Å². The number of hydrogen-bond donors (Lipinski definition) is 0. The van der Waals surface area contributed by atoms with Gasteiger partial charge in [0.15, 0.2) is 0 Å². The number of halogens is 2. The summed E-state index contributed by atoms with van der Waals surface area (Å²) in [6, 6.07) is 25.2. The van der Waals surface area contributed by atoms with Crippen molar-refractivity contribution in [1.82, 2.24) is 5.01 Å². The molecule has 0 N–H and O–H groups in total. The Hall–Kier alpha value is -2.82. The number of carbonyl (C=O) groups excluding carboxylic acids is 1. The van der Waals surface area contributed by atoms with Gasteiger partial charge in [0.2, 0.25) is 5.91 Å². The van der Waals surface area contributed by atoms with Crippen molar-refractivity contribution in [3.8, 4) is 0 Å². The number of hydrazone groups is 1. The van der Waals surface area contributed by atoms with Crippen LogP contribution in [0.15, 0.2) is 84.0 Å². The summed E-state index contributed by atoms with van der Waals surface area (Å²) in [4.78, 5) is 14.6. The summed E-state index contributed by atoms with van der Waals surface area (Å²) in [6.07, 6.45) is 0. The van der Waals surface area contributed by atoms with Crippen LogP contribution < -0.4 is 4.90 Å². The Morgan fingerprint density at radius 3 is 2.16 bits per heavy atom. The van der Waals surface area contributed by atoms with Crippen molar-refractivity contribution in [2.24, 2.45) is 5.10 Å². The van der Waals surface area contributed by atoms with Crippen molar-refractivity contribution in [2.45, 2.75) is 12.3 Å². The molecule has 1 unspecified atom stereocenters. The number of carbonyl (C=O) groups is 1. The number of nitrogens with zero attached hydrogens (tertiary/aromatic N) is 3. The van der Waals surface area contributed by atoms with E-state index in [0.717, 1.165) is 22.5 Å². The van der Waals surface area contributed by atoms with Crippen LogP contribution in [0.2, 0.25) is 10.0 Å². The van der Waals surface area contributed by atoms with E-state index in [9.17, 15) is 4.79 Å². The molecule has 1 aliphatic heterocycles. The highest BCUT2D eigenvalue weighted by Gasteiger charge is 2.41. The fourth-order valence-electron chi connectivity index (χ4n) is 3.91. The lowest BCUT2D eigenvalue weighted by molar-refractivity contribution is -0.119. The number of benzene rings is 3. The van der Waals surface area contributed by atoms with Crippen LogP contribution in [-0.2, 0) is 10.2 Å². The molecule has 0 saturated heterocycles. The Labute approximate surface area is 192 Å². The molecule has 0 spiro atoms. The maximum absolute atomic E-state index is 13.0. The summed E-state index contributed by atoms with van der Waals surface area (Å²) in [6.45, 7) is 2.96. The molecule has 0 aromatic heterocycles. The van der Waals surface area contributed by atoms with Crippen LogP contribution in [0.5, 0.6) is 0 Å². The molecule has 0 aliphatic carbocycles. The average molecular weight is 452 g/mol. The maximum atomic E-state index is 13.0. The molecular weight excluding hydrogens is 429 g/mol. The van der Waals surface area contributed by atoms with Crippen LogP contribution in [0.25, 0.3) is 0 Å². The van der Waals surface area contributed by atoms with E-state index in [2.05, 4.69) is 19.1 Å². The number of likely N-dealkylation sites (N-methyl/N-ethyl adjacent to an activating group) is 1. The molecule has 31 heavy (non-hydrogen) atoms. The third-order valence-corrected chi connectivity index (χ3v) is 6.20. The second-order valence-corrected chi connectivity index (χ2v) is 8.78. The molecule has 4 nitrogen and oxygen atoms in total. The van der Waals surface area contributed by atoms with Gasteiger partial charge in [-0.05, 0) is 54.4 Å². The fraction of sp³-hybridized carbons (Fsp3) is 0.200. The maximum Gasteiger partial charge on any atom is 0.248 e. The topological polar surface area (TPSA) is 35.9 Å². The summed E-state index contributed by atoms with van der Waals surface area (Å²) in [5.74, 6) is -0.0427. The number of hydrogen-bond acceptors (Lipinski definition) is 3. The van der Waals surface area contributed by atoms with Gasteiger partial charge in [0.05, 0.1) is 17.7 Å². The lowest BCUT2D eigenvalue weighted by atomic mass is 9.76. The van der Waals surface area contributed by atoms with Gasteiger partial charge in [-0.2, -0.15) is 5.10 Å². The first-order valence-corrected chi connectivity index (χ1v) is 10.8. The first-order valence-electron chi connectivity index (χ1n) is 10.0. The van der Waals surface area contributed by atoms with Crippen molar-refractivity contribution in [2.75, 3.05) is 25.0 Å². The molecule has 1 atom stereocenters. The summed E-state index contributed by atoms with van der Waals surface area (Å²) in [5.41, 5.74) is 3.52. The predicted octanol–water partition coefficient (Wildman–Crippen LogP) is 5.63. The zero-order chi connectivity index (χ0) is 22.0. The minimum Gasteiger partial charge on any atom is -0.314 e. The number of amides is 1. The molecule has 0 saturated carbocycles.